The molecule has 21 heavy (non-hydrogen) atoms. The Morgan fingerprint density at radius 1 is 1.05 bits per heavy atom. The van der Waals surface area contributed by atoms with Crippen molar-refractivity contribution in [2.75, 3.05) is 0 Å². The average molecular weight is 280 g/mol. The van der Waals surface area contributed by atoms with Gasteiger partial charge in [-0.1, -0.05) is 24.3 Å². The Kier molecular flexibility index (Phi) is 3.47. The first-order valence-electron chi connectivity index (χ1n) is 7.16. The molecule has 4 nitrogen and oxygen atoms in total. The maximum Gasteiger partial charge on any atom is 0.153 e. The maximum absolute atomic E-state index is 4.53. The largest absolute Gasteiger partial charge is 0.308 e. The molecule has 2 heterocycles. The summed E-state index contributed by atoms with van der Waals surface area (Å²) in [4.78, 5) is 4.53. The highest BCUT2D eigenvalue weighted by Crippen LogP contribution is 2.16. The second-order valence-electron chi connectivity index (χ2n) is 6.24. The highest BCUT2D eigenvalue weighted by molar-refractivity contribution is 5.79. The Morgan fingerprint density at radius 3 is 2.57 bits per heavy atom. The molecule has 0 radical (unpaired) electrons. The third kappa shape index (κ3) is 3.11. The van der Waals surface area contributed by atoms with Crippen LogP contribution in [0.4, 0.5) is 0 Å². The van der Waals surface area contributed by atoms with Crippen molar-refractivity contribution in [3.8, 4) is 5.82 Å². The van der Waals surface area contributed by atoms with E-state index in [4.69, 9.17) is 0 Å². The predicted molar refractivity (Wildman–Crippen MR) is 85.5 cm³/mol. The number of hydrogen-bond acceptors (Lipinski definition) is 3. The van der Waals surface area contributed by atoms with E-state index in [2.05, 4.69) is 54.4 Å². The summed E-state index contributed by atoms with van der Waals surface area (Å²) in [5, 5.41) is 9.00. The first kappa shape index (κ1) is 13.8. The van der Waals surface area contributed by atoms with Crippen molar-refractivity contribution in [1.82, 2.24) is 20.1 Å². The van der Waals surface area contributed by atoms with E-state index in [9.17, 15) is 0 Å². The van der Waals surface area contributed by atoms with Crippen molar-refractivity contribution in [2.45, 2.75) is 32.9 Å². The molecule has 4 heteroatoms. The smallest absolute Gasteiger partial charge is 0.153 e. The number of para-hydroxylation sites is 1. The molecular formula is C17H20N4. The lowest BCUT2D eigenvalue weighted by atomic mass is 10.1. The van der Waals surface area contributed by atoms with E-state index in [0.717, 1.165) is 23.3 Å². The Labute approximate surface area is 124 Å². The normalized spacial score (nSPS) is 12.0. The lowest BCUT2D eigenvalue weighted by Crippen LogP contribution is -2.35. The summed E-state index contributed by atoms with van der Waals surface area (Å²) in [5.41, 5.74) is 2.35. The standard InChI is InChI=1S/C17H20N4/c1-17(2,3)19-11-13-8-9-16(18-10-13)21-15-7-5-4-6-14(15)12-20-21/h4-10,12,19H,11H2,1-3H3. The molecule has 0 spiro atoms. The average Bonchev–Trinajstić information content (AvgIpc) is 2.89. The summed E-state index contributed by atoms with van der Waals surface area (Å²) < 4.78 is 1.87. The van der Waals surface area contributed by atoms with Gasteiger partial charge in [0.1, 0.15) is 0 Å². The van der Waals surface area contributed by atoms with Gasteiger partial charge in [-0.15, -0.1) is 0 Å². The van der Waals surface area contributed by atoms with E-state index in [1.54, 1.807) is 0 Å². The molecule has 2 aromatic heterocycles. The quantitative estimate of drug-likeness (QED) is 0.800. The van der Waals surface area contributed by atoms with E-state index in [1.807, 2.05) is 35.3 Å². The fourth-order valence-electron chi connectivity index (χ4n) is 2.17. The van der Waals surface area contributed by atoms with E-state index in [0.29, 0.717) is 0 Å². The van der Waals surface area contributed by atoms with Crippen LogP contribution in [0.25, 0.3) is 16.7 Å². The van der Waals surface area contributed by atoms with Crippen LogP contribution in [0.5, 0.6) is 0 Å². The second-order valence-corrected chi connectivity index (χ2v) is 6.24. The summed E-state index contributed by atoms with van der Waals surface area (Å²) >= 11 is 0. The van der Waals surface area contributed by atoms with Gasteiger partial charge in [0, 0.05) is 23.7 Å². The number of nitrogens with zero attached hydrogens (tertiary/aromatic N) is 3. The molecule has 0 fully saturated rings. The molecule has 3 aromatic rings. The number of rotatable bonds is 3. The van der Waals surface area contributed by atoms with Crippen molar-refractivity contribution >= 4 is 10.9 Å². The number of pyridine rings is 1. The van der Waals surface area contributed by atoms with Crippen LogP contribution >= 0.6 is 0 Å². The zero-order valence-corrected chi connectivity index (χ0v) is 12.7. The van der Waals surface area contributed by atoms with Crippen LogP contribution in [-0.4, -0.2) is 20.3 Å². The van der Waals surface area contributed by atoms with Crippen LogP contribution in [0.1, 0.15) is 26.3 Å². The molecule has 108 valence electrons. The van der Waals surface area contributed by atoms with Gasteiger partial charge < -0.3 is 5.32 Å². The Balaban J connectivity index is 1.84. The molecule has 0 unspecified atom stereocenters. The van der Waals surface area contributed by atoms with Gasteiger partial charge in [0.15, 0.2) is 5.82 Å². The number of nitrogens with one attached hydrogen (secondary N) is 1. The lowest BCUT2D eigenvalue weighted by molar-refractivity contribution is 0.424. The fraction of sp³-hybridized carbons (Fsp3) is 0.294. The van der Waals surface area contributed by atoms with Crippen LogP contribution in [0, 0.1) is 0 Å². The van der Waals surface area contributed by atoms with Gasteiger partial charge in [0.2, 0.25) is 0 Å². The molecule has 0 amide bonds. The minimum atomic E-state index is 0.108. The van der Waals surface area contributed by atoms with Gasteiger partial charge in [0.05, 0.1) is 11.7 Å². The molecule has 0 saturated heterocycles. The van der Waals surface area contributed by atoms with Crippen LogP contribution < -0.4 is 5.32 Å². The van der Waals surface area contributed by atoms with Crippen molar-refractivity contribution in [2.24, 2.45) is 0 Å². The van der Waals surface area contributed by atoms with Gasteiger partial charge in [-0.2, -0.15) is 5.10 Å². The SMILES string of the molecule is CC(C)(C)NCc1ccc(-n2ncc3ccccc32)nc1. The second kappa shape index (κ2) is 5.30. The maximum atomic E-state index is 4.53. The highest BCUT2D eigenvalue weighted by atomic mass is 15.3. The van der Waals surface area contributed by atoms with E-state index in [-0.39, 0.29) is 5.54 Å². The number of hydrogen-bond donors (Lipinski definition) is 1. The Morgan fingerprint density at radius 2 is 1.86 bits per heavy atom. The summed E-state index contributed by atoms with van der Waals surface area (Å²) in [6.45, 7) is 7.29. The summed E-state index contributed by atoms with van der Waals surface area (Å²) in [5.74, 6) is 0.843. The van der Waals surface area contributed by atoms with Crippen LogP contribution in [0.15, 0.2) is 48.8 Å². The van der Waals surface area contributed by atoms with Crippen molar-refractivity contribution < 1.29 is 0 Å². The van der Waals surface area contributed by atoms with Gasteiger partial charge in [0.25, 0.3) is 0 Å². The Bertz CT molecular complexity index is 735. The van der Waals surface area contributed by atoms with Gasteiger partial charge in [-0.3, -0.25) is 0 Å². The zero-order valence-electron chi connectivity index (χ0n) is 12.7. The molecule has 0 aliphatic heterocycles. The van der Waals surface area contributed by atoms with E-state index < -0.39 is 0 Å². The molecule has 1 N–H and O–H groups in total. The van der Waals surface area contributed by atoms with Crippen LogP contribution in [-0.2, 0) is 6.54 Å². The van der Waals surface area contributed by atoms with Crippen molar-refractivity contribution in [1.29, 1.82) is 0 Å². The summed E-state index contributed by atoms with van der Waals surface area (Å²) in [6, 6.07) is 12.3. The molecule has 3 rings (SSSR count). The molecule has 0 bridgehead atoms. The van der Waals surface area contributed by atoms with E-state index in [1.165, 1.54) is 5.56 Å². The number of aromatic nitrogens is 3. The minimum Gasteiger partial charge on any atom is -0.308 e. The molecule has 0 aliphatic rings. The minimum absolute atomic E-state index is 0.108. The molecule has 0 atom stereocenters. The van der Waals surface area contributed by atoms with Crippen LogP contribution in [0.2, 0.25) is 0 Å². The van der Waals surface area contributed by atoms with Crippen molar-refractivity contribution in [3.63, 3.8) is 0 Å². The fourth-order valence-corrected chi connectivity index (χ4v) is 2.17. The van der Waals surface area contributed by atoms with Crippen LogP contribution in [0.3, 0.4) is 0 Å². The monoisotopic (exact) mass is 280 g/mol. The van der Waals surface area contributed by atoms with Gasteiger partial charge >= 0.3 is 0 Å². The Hall–Kier alpha value is -2.20. The first-order valence-corrected chi connectivity index (χ1v) is 7.16. The zero-order chi connectivity index (χ0) is 14.9. The van der Waals surface area contributed by atoms with E-state index >= 15 is 0 Å². The molecule has 1 aromatic carbocycles. The molecule has 0 aliphatic carbocycles. The van der Waals surface area contributed by atoms with Gasteiger partial charge in [-0.05, 0) is 38.5 Å². The predicted octanol–water partition coefficient (Wildman–Crippen LogP) is 3.31. The van der Waals surface area contributed by atoms with Crippen molar-refractivity contribution in [3.05, 3.63) is 54.4 Å². The third-order valence-electron chi connectivity index (χ3n) is 3.33. The van der Waals surface area contributed by atoms with Gasteiger partial charge in [-0.25, -0.2) is 9.67 Å². The topological polar surface area (TPSA) is 42.7 Å². The summed E-state index contributed by atoms with van der Waals surface area (Å²) in [7, 11) is 0. The molecule has 0 saturated carbocycles. The first-order chi connectivity index (χ1) is 10.0. The third-order valence-corrected chi connectivity index (χ3v) is 3.33. The number of benzene rings is 1. The lowest BCUT2D eigenvalue weighted by Gasteiger charge is -2.20. The number of fused-ring (bicyclic) bond motifs is 1. The summed E-state index contributed by atoms with van der Waals surface area (Å²) in [6.07, 6.45) is 3.77. The molecular weight excluding hydrogens is 260 g/mol. The highest BCUT2D eigenvalue weighted by Gasteiger charge is 2.09.